The van der Waals surface area contributed by atoms with E-state index < -0.39 is 8.32 Å². The second-order valence-corrected chi connectivity index (χ2v) is 10.9. The van der Waals surface area contributed by atoms with Gasteiger partial charge in [0, 0.05) is 6.42 Å². The summed E-state index contributed by atoms with van der Waals surface area (Å²) in [5.74, 6) is -0.174. The Morgan fingerprint density at radius 2 is 1.08 bits per heavy atom. The third kappa shape index (κ3) is 21.4. The molecule has 0 aromatic rings. The number of esters is 1. The summed E-state index contributed by atoms with van der Waals surface area (Å²) < 4.78 is 32.1. The highest BCUT2D eigenvalue weighted by Crippen LogP contribution is 2.01. The fourth-order valence-electron chi connectivity index (χ4n) is 1.66. The lowest BCUT2D eigenvalue weighted by atomic mass is 10.3. The SMILES string of the molecule is CCCC(=O)OCCOCCOCCOCCOCCO[Si](C)(C)C. The Morgan fingerprint density at radius 1 is 0.680 bits per heavy atom. The van der Waals surface area contributed by atoms with Crippen molar-refractivity contribution >= 4 is 14.3 Å². The van der Waals surface area contributed by atoms with Crippen LogP contribution in [0.5, 0.6) is 0 Å². The summed E-state index contributed by atoms with van der Waals surface area (Å²) in [6, 6.07) is 0. The smallest absolute Gasteiger partial charge is 0.305 e. The summed E-state index contributed by atoms with van der Waals surface area (Å²) in [7, 11) is -1.43. The van der Waals surface area contributed by atoms with Crippen LogP contribution in [0.15, 0.2) is 0 Å². The molecule has 0 saturated carbocycles. The van der Waals surface area contributed by atoms with Crippen molar-refractivity contribution in [3.63, 3.8) is 0 Å². The highest BCUT2D eigenvalue weighted by atomic mass is 28.4. The Morgan fingerprint density at radius 3 is 1.48 bits per heavy atom. The van der Waals surface area contributed by atoms with Crippen LogP contribution in [0.25, 0.3) is 0 Å². The molecule has 0 unspecified atom stereocenters. The van der Waals surface area contributed by atoms with E-state index in [9.17, 15) is 4.79 Å². The minimum absolute atomic E-state index is 0.174. The van der Waals surface area contributed by atoms with E-state index in [-0.39, 0.29) is 5.97 Å². The molecule has 0 aliphatic carbocycles. The van der Waals surface area contributed by atoms with Gasteiger partial charge in [0.1, 0.15) is 6.61 Å². The number of rotatable bonds is 18. The first-order chi connectivity index (χ1) is 12.0. The predicted molar refractivity (Wildman–Crippen MR) is 98.4 cm³/mol. The van der Waals surface area contributed by atoms with Gasteiger partial charge in [-0.2, -0.15) is 0 Å². The summed E-state index contributed by atoms with van der Waals surface area (Å²) in [6.07, 6.45) is 1.26. The van der Waals surface area contributed by atoms with Gasteiger partial charge in [-0.05, 0) is 26.1 Å². The molecule has 0 aliphatic heterocycles. The van der Waals surface area contributed by atoms with Crippen LogP contribution in [0.4, 0.5) is 0 Å². The third-order valence-corrected chi connectivity index (χ3v) is 3.89. The zero-order valence-corrected chi connectivity index (χ0v) is 17.3. The van der Waals surface area contributed by atoms with Gasteiger partial charge >= 0.3 is 5.97 Å². The van der Waals surface area contributed by atoms with Crippen LogP contribution in [0.3, 0.4) is 0 Å². The van der Waals surface area contributed by atoms with Crippen molar-refractivity contribution in [3.05, 3.63) is 0 Å². The molecule has 0 amide bonds. The molecule has 25 heavy (non-hydrogen) atoms. The molecular weight excluding hydrogens is 344 g/mol. The monoisotopic (exact) mass is 380 g/mol. The molecule has 0 aromatic carbocycles. The van der Waals surface area contributed by atoms with Gasteiger partial charge in [0.2, 0.25) is 0 Å². The number of hydrogen-bond donors (Lipinski definition) is 0. The largest absolute Gasteiger partial charge is 0.463 e. The molecule has 0 heterocycles. The molecule has 0 saturated heterocycles. The Labute approximate surface area is 153 Å². The minimum Gasteiger partial charge on any atom is -0.463 e. The fourth-order valence-corrected chi connectivity index (χ4v) is 2.36. The van der Waals surface area contributed by atoms with Gasteiger partial charge in [-0.15, -0.1) is 0 Å². The van der Waals surface area contributed by atoms with E-state index in [4.69, 9.17) is 28.1 Å². The van der Waals surface area contributed by atoms with E-state index in [2.05, 4.69) is 19.6 Å². The highest BCUT2D eigenvalue weighted by molar-refractivity contribution is 6.69. The number of carbonyl (C=O) groups is 1. The fraction of sp³-hybridized carbons (Fsp3) is 0.941. The van der Waals surface area contributed by atoms with Crippen molar-refractivity contribution in [2.75, 3.05) is 66.1 Å². The first-order valence-electron chi connectivity index (χ1n) is 9.06. The van der Waals surface area contributed by atoms with Crippen LogP contribution in [0, 0.1) is 0 Å². The molecule has 0 N–H and O–H groups in total. The van der Waals surface area contributed by atoms with Gasteiger partial charge in [-0.3, -0.25) is 4.79 Å². The van der Waals surface area contributed by atoms with Crippen LogP contribution >= 0.6 is 0 Å². The van der Waals surface area contributed by atoms with Gasteiger partial charge < -0.3 is 28.1 Å². The Kier molecular flexibility index (Phi) is 16.6. The lowest BCUT2D eigenvalue weighted by Crippen LogP contribution is -2.27. The number of ether oxygens (including phenoxy) is 5. The predicted octanol–water partition coefficient (Wildman–Crippen LogP) is 2.25. The molecule has 0 bridgehead atoms. The van der Waals surface area contributed by atoms with Crippen LogP contribution < -0.4 is 0 Å². The van der Waals surface area contributed by atoms with Crippen LogP contribution in [0.1, 0.15) is 19.8 Å². The number of carbonyl (C=O) groups excluding carboxylic acids is 1. The van der Waals surface area contributed by atoms with Crippen molar-refractivity contribution in [1.82, 2.24) is 0 Å². The average molecular weight is 381 g/mol. The number of hydrogen-bond acceptors (Lipinski definition) is 7. The van der Waals surface area contributed by atoms with Crippen molar-refractivity contribution in [2.24, 2.45) is 0 Å². The van der Waals surface area contributed by atoms with Crippen LogP contribution in [-0.2, 0) is 32.9 Å². The van der Waals surface area contributed by atoms with E-state index in [1.54, 1.807) is 0 Å². The molecular formula is C17H36O7Si. The van der Waals surface area contributed by atoms with Gasteiger partial charge in [-0.1, -0.05) is 6.92 Å². The molecule has 150 valence electrons. The maximum absolute atomic E-state index is 11.1. The molecule has 0 rings (SSSR count). The molecule has 0 aromatic heterocycles. The summed E-state index contributed by atoms with van der Waals surface area (Å²) in [4.78, 5) is 11.1. The summed E-state index contributed by atoms with van der Waals surface area (Å²) in [5, 5.41) is 0. The molecule has 0 spiro atoms. The third-order valence-electron chi connectivity index (χ3n) is 2.82. The summed E-state index contributed by atoms with van der Waals surface area (Å²) in [6.45, 7) is 13.5. The van der Waals surface area contributed by atoms with Crippen LogP contribution in [0.2, 0.25) is 19.6 Å². The molecule has 0 radical (unpaired) electrons. The average Bonchev–Trinajstić information content (AvgIpc) is 2.53. The lowest BCUT2D eigenvalue weighted by molar-refractivity contribution is -0.145. The molecule has 0 fully saturated rings. The zero-order valence-electron chi connectivity index (χ0n) is 16.3. The van der Waals surface area contributed by atoms with E-state index >= 15 is 0 Å². The van der Waals surface area contributed by atoms with E-state index in [1.807, 2.05) is 6.92 Å². The Hall–Kier alpha value is -0.513. The van der Waals surface area contributed by atoms with Crippen molar-refractivity contribution in [1.29, 1.82) is 0 Å². The quantitative estimate of drug-likeness (QED) is 0.205. The molecule has 8 heteroatoms. The maximum Gasteiger partial charge on any atom is 0.305 e. The van der Waals surface area contributed by atoms with Crippen molar-refractivity contribution in [3.8, 4) is 0 Å². The second-order valence-electron chi connectivity index (χ2n) is 6.38. The Bertz CT molecular complexity index is 308. The standard InChI is InChI=1S/C17H36O7Si/c1-5-6-17(18)23-15-13-21-11-9-19-7-8-20-10-12-22-14-16-24-25(2,3)4/h5-16H2,1-4H3. The van der Waals surface area contributed by atoms with E-state index in [0.29, 0.717) is 72.5 Å². The Balaban J connectivity index is 3.09. The second kappa shape index (κ2) is 16.9. The normalized spacial score (nSPS) is 11.7. The van der Waals surface area contributed by atoms with Crippen molar-refractivity contribution in [2.45, 2.75) is 39.4 Å². The first kappa shape index (κ1) is 24.5. The summed E-state index contributed by atoms with van der Waals surface area (Å²) in [5.41, 5.74) is 0. The van der Waals surface area contributed by atoms with E-state index in [1.165, 1.54) is 0 Å². The van der Waals surface area contributed by atoms with Gasteiger partial charge in [0.15, 0.2) is 8.32 Å². The zero-order chi connectivity index (χ0) is 18.8. The lowest BCUT2D eigenvalue weighted by Gasteiger charge is -2.16. The molecule has 7 nitrogen and oxygen atoms in total. The highest BCUT2D eigenvalue weighted by Gasteiger charge is 2.12. The van der Waals surface area contributed by atoms with Gasteiger partial charge in [0.05, 0.1) is 59.5 Å². The first-order valence-corrected chi connectivity index (χ1v) is 12.5. The minimum atomic E-state index is -1.43. The van der Waals surface area contributed by atoms with E-state index in [0.717, 1.165) is 6.42 Å². The summed E-state index contributed by atoms with van der Waals surface area (Å²) >= 11 is 0. The maximum atomic E-state index is 11.1. The topological polar surface area (TPSA) is 72.5 Å². The van der Waals surface area contributed by atoms with Crippen LogP contribution in [-0.4, -0.2) is 80.4 Å². The molecule has 0 aliphatic rings. The molecule has 0 atom stereocenters. The van der Waals surface area contributed by atoms with Gasteiger partial charge in [0.25, 0.3) is 0 Å². The van der Waals surface area contributed by atoms with Gasteiger partial charge in [-0.25, -0.2) is 0 Å². The van der Waals surface area contributed by atoms with Crippen molar-refractivity contribution < 1.29 is 32.9 Å².